The molecule has 0 aliphatic carbocycles. The van der Waals surface area contributed by atoms with E-state index in [0.717, 1.165) is 42.8 Å². The quantitative estimate of drug-likeness (QED) is 0.734. The maximum atomic E-state index is 5.84. The summed E-state index contributed by atoms with van der Waals surface area (Å²) in [6.07, 6.45) is 0. The van der Waals surface area contributed by atoms with Crippen LogP contribution in [0.25, 0.3) is 22.6 Å². The normalized spacial score (nSPS) is 16.7. The molecule has 2 aromatic carbocycles. The summed E-state index contributed by atoms with van der Waals surface area (Å²) in [5, 5.41) is 0. The number of aromatic nitrogens is 1. The zero-order chi connectivity index (χ0) is 16.4. The van der Waals surface area contributed by atoms with Gasteiger partial charge >= 0.3 is 0 Å². The van der Waals surface area contributed by atoms with Gasteiger partial charge in [0.2, 0.25) is 5.89 Å². The molecule has 4 nitrogen and oxygen atoms in total. The standard InChI is InChI=1S/C20H23N3O/c1-2-22-11-13-23(14-12-22)15-16-7-9-17(10-8-16)20-21-18-5-3-4-6-19(18)24-20/h3-10H,2,11-15H2,1H3. The highest BCUT2D eigenvalue weighted by molar-refractivity contribution is 5.75. The summed E-state index contributed by atoms with van der Waals surface area (Å²) in [5.74, 6) is 0.694. The van der Waals surface area contributed by atoms with E-state index in [-0.39, 0.29) is 0 Å². The van der Waals surface area contributed by atoms with Gasteiger partial charge in [0.25, 0.3) is 0 Å². The van der Waals surface area contributed by atoms with Crippen LogP contribution in [-0.4, -0.2) is 47.5 Å². The SMILES string of the molecule is CCN1CCN(Cc2ccc(-c3nc4ccccc4o3)cc2)CC1. The molecule has 0 saturated carbocycles. The number of likely N-dealkylation sites (N-methyl/N-ethyl adjacent to an activating group) is 1. The lowest BCUT2D eigenvalue weighted by atomic mass is 10.1. The van der Waals surface area contributed by atoms with Crippen molar-refractivity contribution in [3.63, 3.8) is 0 Å². The maximum absolute atomic E-state index is 5.84. The average molecular weight is 321 g/mol. The first-order chi connectivity index (χ1) is 11.8. The van der Waals surface area contributed by atoms with Gasteiger partial charge in [-0.25, -0.2) is 4.98 Å². The van der Waals surface area contributed by atoms with Crippen LogP contribution in [0, 0.1) is 0 Å². The smallest absolute Gasteiger partial charge is 0.227 e. The van der Waals surface area contributed by atoms with Gasteiger partial charge in [0, 0.05) is 38.3 Å². The third kappa shape index (κ3) is 3.21. The van der Waals surface area contributed by atoms with Crippen molar-refractivity contribution in [1.82, 2.24) is 14.8 Å². The van der Waals surface area contributed by atoms with Crippen LogP contribution in [0.1, 0.15) is 12.5 Å². The van der Waals surface area contributed by atoms with E-state index < -0.39 is 0 Å². The number of para-hydroxylation sites is 2. The lowest BCUT2D eigenvalue weighted by Gasteiger charge is -2.34. The van der Waals surface area contributed by atoms with Crippen LogP contribution < -0.4 is 0 Å². The summed E-state index contributed by atoms with van der Waals surface area (Å²) < 4.78 is 5.84. The highest BCUT2D eigenvalue weighted by Gasteiger charge is 2.15. The van der Waals surface area contributed by atoms with Crippen molar-refractivity contribution < 1.29 is 4.42 Å². The van der Waals surface area contributed by atoms with Crippen LogP contribution in [0.15, 0.2) is 52.9 Å². The van der Waals surface area contributed by atoms with Crippen molar-refractivity contribution in [2.45, 2.75) is 13.5 Å². The first-order valence-corrected chi connectivity index (χ1v) is 8.71. The molecule has 2 heterocycles. The molecule has 3 aromatic rings. The molecule has 4 rings (SSSR count). The average Bonchev–Trinajstić information content (AvgIpc) is 3.07. The van der Waals surface area contributed by atoms with Gasteiger partial charge < -0.3 is 9.32 Å². The van der Waals surface area contributed by atoms with E-state index in [4.69, 9.17) is 4.42 Å². The Bertz CT molecular complexity index is 768. The lowest BCUT2D eigenvalue weighted by molar-refractivity contribution is 0.132. The van der Waals surface area contributed by atoms with Gasteiger partial charge in [-0.15, -0.1) is 0 Å². The second kappa shape index (κ2) is 6.75. The molecule has 1 aliphatic heterocycles. The Kier molecular flexibility index (Phi) is 4.32. The number of hydrogen-bond acceptors (Lipinski definition) is 4. The first-order valence-electron chi connectivity index (χ1n) is 8.71. The molecule has 0 spiro atoms. The summed E-state index contributed by atoms with van der Waals surface area (Å²) in [7, 11) is 0. The minimum atomic E-state index is 0.694. The molecule has 4 heteroatoms. The second-order valence-corrected chi connectivity index (χ2v) is 6.39. The Labute approximate surface area is 142 Å². The molecule has 1 fully saturated rings. The summed E-state index contributed by atoms with van der Waals surface area (Å²) in [6.45, 7) is 9.08. The molecule has 1 aromatic heterocycles. The summed E-state index contributed by atoms with van der Waals surface area (Å²) >= 11 is 0. The minimum absolute atomic E-state index is 0.694. The van der Waals surface area contributed by atoms with E-state index in [1.165, 1.54) is 18.7 Å². The van der Waals surface area contributed by atoms with E-state index in [9.17, 15) is 0 Å². The van der Waals surface area contributed by atoms with E-state index in [1.54, 1.807) is 0 Å². The largest absolute Gasteiger partial charge is 0.436 e. The fourth-order valence-electron chi connectivity index (χ4n) is 3.27. The van der Waals surface area contributed by atoms with Crippen molar-refractivity contribution >= 4 is 11.1 Å². The van der Waals surface area contributed by atoms with Gasteiger partial charge in [-0.2, -0.15) is 0 Å². The van der Waals surface area contributed by atoms with Crippen molar-refractivity contribution in [3.8, 4) is 11.5 Å². The number of rotatable bonds is 4. The topological polar surface area (TPSA) is 32.5 Å². The van der Waals surface area contributed by atoms with Crippen molar-refractivity contribution in [2.75, 3.05) is 32.7 Å². The molecule has 0 unspecified atom stereocenters. The Hall–Kier alpha value is -2.17. The van der Waals surface area contributed by atoms with E-state index in [2.05, 4.69) is 46.0 Å². The predicted molar refractivity (Wildman–Crippen MR) is 96.8 cm³/mol. The van der Waals surface area contributed by atoms with Crippen LogP contribution in [0.4, 0.5) is 0 Å². The Balaban J connectivity index is 1.45. The molecular formula is C20H23N3O. The van der Waals surface area contributed by atoms with Crippen molar-refractivity contribution in [1.29, 1.82) is 0 Å². The number of fused-ring (bicyclic) bond motifs is 1. The summed E-state index contributed by atoms with van der Waals surface area (Å²) in [5.41, 5.74) is 4.13. The van der Waals surface area contributed by atoms with E-state index in [1.807, 2.05) is 24.3 Å². The fraction of sp³-hybridized carbons (Fsp3) is 0.350. The zero-order valence-electron chi connectivity index (χ0n) is 14.1. The van der Waals surface area contributed by atoms with Crippen LogP contribution in [0.2, 0.25) is 0 Å². The number of nitrogens with zero attached hydrogens (tertiary/aromatic N) is 3. The fourth-order valence-corrected chi connectivity index (χ4v) is 3.27. The maximum Gasteiger partial charge on any atom is 0.227 e. The number of oxazole rings is 1. The molecule has 1 saturated heterocycles. The highest BCUT2D eigenvalue weighted by Crippen LogP contribution is 2.24. The molecule has 0 amide bonds. The summed E-state index contributed by atoms with van der Waals surface area (Å²) in [4.78, 5) is 9.60. The van der Waals surface area contributed by atoms with Crippen LogP contribution in [0.3, 0.4) is 0 Å². The predicted octanol–water partition coefficient (Wildman–Crippen LogP) is 3.63. The van der Waals surface area contributed by atoms with Crippen molar-refractivity contribution in [2.24, 2.45) is 0 Å². The third-order valence-electron chi connectivity index (χ3n) is 4.81. The van der Waals surface area contributed by atoms with Gasteiger partial charge in [0.05, 0.1) is 0 Å². The summed E-state index contributed by atoms with van der Waals surface area (Å²) in [6, 6.07) is 16.5. The monoisotopic (exact) mass is 321 g/mol. The molecule has 1 aliphatic rings. The van der Waals surface area contributed by atoms with Gasteiger partial charge in [-0.3, -0.25) is 4.90 Å². The molecular weight excluding hydrogens is 298 g/mol. The van der Waals surface area contributed by atoms with E-state index in [0.29, 0.717) is 5.89 Å². The van der Waals surface area contributed by atoms with Crippen LogP contribution >= 0.6 is 0 Å². The molecule has 0 atom stereocenters. The lowest BCUT2D eigenvalue weighted by Crippen LogP contribution is -2.45. The van der Waals surface area contributed by atoms with Crippen LogP contribution in [0.5, 0.6) is 0 Å². The minimum Gasteiger partial charge on any atom is -0.436 e. The molecule has 0 N–H and O–H groups in total. The molecule has 0 bridgehead atoms. The molecule has 24 heavy (non-hydrogen) atoms. The van der Waals surface area contributed by atoms with Gasteiger partial charge in [-0.05, 0) is 36.4 Å². The highest BCUT2D eigenvalue weighted by atomic mass is 16.3. The zero-order valence-corrected chi connectivity index (χ0v) is 14.1. The molecule has 0 radical (unpaired) electrons. The van der Waals surface area contributed by atoms with Crippen molar-refractivity contribution in [3.05, 3.63) is 54.1 Å². The van der Waals surface area contributed by atoms with Gasteiger partial charge in [0.1, 0.15) is 5.52 Å². The number of hydrogen-bond donors (Lipinski definition) is 0. The van der Waals surface area contributed by atoms with Gasteiger partial charge in [0.15, 0.2) is 5.58 Å². The molecule has 124 valence electrons. The van der Waals surface area contributed by atoms with E-state index >= 15 is 0 Å². The number of benzene rings is 2. The Morgan fingerprint density at radius 1 is 0.917 bits per heavy atom. The second-order valence-electron chi connectivity index (χ2n) is 6.39. The third-order valence-corrected chi connectivity index (χ3v) is 4.81. The van der Waals surface area contributed by atoms with Crippen LogP contribution in [-0.2, 0) is 6.54 Å². The van der Waals surface area contributed by atoms with Gasteiger partial charge in [-0.1, -0.05) is 31.2 Å². The number of piperazine rings is 1. The first kappa shape index (κ1) is 15.4. The Morgan fingerprint density at radius 3 is 2.33 bits per heavy atom. The Morgan fingerprint density at radius 2 is 1.62 bits per heavy atom.